The Kier molecular flexibility index (Phi) is 6.83. The molecule has 3 nitrogen and oxygen atoms in total. The zero-order valence-electron chi connectivity index (χ0n) is 12.5. The zero-order valence-corrected chi connectivity index (χ0v) is 14.1. The molecule has 4 heteroatoms. The van der Waals surface area contributed by atoms with Crippen LogP contribution in [-0.4, -0.2) is 38.6 Å². The Bertz CT molecular complexity index is 391. The standard InChI is InChI=1S/C15H26BrN3/c1-12(2)11-19(8-7-18(3)4)15-6-5-13(10-17)9-14(15)16/h5-6,9,12H,7-8,10-11,17H2,1-4H3. The molecular weight excluding hydrogens is 302 g/mol. The lowest BCUT2D eigenvalue weighted by atomic mass is 10.1. The Morgan fingerprint density at radius 1 is 1.21 bits per heavy atom. The Morgan fingerprint density at radius 3 is 2.37 bits per heavy atom. The maximum atomic E-state index is 5.68. The van der Waals surface area contributed by atoms with Gasteiger partial charge in [0.15, 0.2) is 0 Å². The fourth-order valence-electron chi connectivity index (χ4n) is 2.01. The number of likely N-dealkylation sites (N-methyl/N-ethyl adjacent to an activating group) is 1. The van der Waals surface area contributed by atoms with Gasteiger partial charge in [-0.3, -0.25) is 0 Å². The molecule has 19 heavy (non-hydrogen) atoms. The van der Waals surface area contributed by atoms with E-state index in [2.05, 4.69) is 71.9 Å². The molecule has 1 aromatic rings. The molecule has 0 fully saturated rings. The van der Waals surface area contributed by atoms with Gasteiger partial charge in [-0.25, -0.2) is 0 Å². The predicted molar refractivity (Wildman–Crippen MR) is 87.6 cm³/mol. The number of anilines is 1. The van der Waals surface area contributed by atoms with Gasteiger partial charge in [0.05, 0.1) is 5.69 Å². The van der Waals surface area contributed by atoms with Gasteiger partial charge in [0.2, 0.25) is 0 Å². The van der Waals surface area contributed by atoms with Crippen LogP contribution in [0.15, 0.2) is 22.7 Å². The van der Waals surface area contributed by atoms with E-state index in [1.165, 1.54) is 5.69 Å². The topological polar surface area (TPSA) is 32.5 Å². The van der Waals surface area contributed by atoms with Crippen molar-refractivity contribution in [1.82, 2.24) is 4.90 Å². The van der Waals surface area contributed by atoms with Crippen LogP contribution in [-0.2, 0) is 6.54 Å². The summed E-state index contributed by atoms with van der Waals surface area (Å²) in [5.74, 6) is 0.642. The van der Waals surface area contributed by atoms with Crippen molar-refractivity contribution in [2.45, 2.75) is 20.4 Å². The van der Waals surface area contributed by atoms with Crippen molar-refractivity contribution in [3.8, 4) is 0 Å². The number of rotatable bonds is 7. The van der Waals surface area contributed by atoms with Crippen LogP contribution in [0, 0.1) is 5.92 Å². The first-order valence-corrected chi connectivity index (χ1v) is 7.61. The summed E-state index contributed by atoms with van der Waals surface area (Å²) in [5.41, 5.74) is 8.10. The second-order valence-electron chi connectivity index (χ2n) is 5.63. The summed E-state index contributed by atoms with van der Waals surface area (Å²) in [7, 11) is 4.22. The maximum Gasteiger partial charge on any atom is 0.0511 e. The molecule has 0 radical (unpaired) electrons. The Hall–Kier alpha value is -0.580. The molecule has 0 saturated heterocycles. The van der Waals surface area contributed by atoms with E-state index in [9.17, 15) is 0 Å². The van der Waals surface area contributed by atoms with Crippen LogP contribution < -0.4 is 10.6 Å². The molecule has 1 aromatic carbocycles. The molecule has 0 atom stereocenters. The molecule has 0 saturated carbocycles. The minimum atomic E-state index is 0.584. The van der Waals surface area contributed by atoms with E-state index in [-0.39, 0.29) is 0 Å². The van der Waals surface area contributed by atoms with Gasteiger partial charge >= 0.3 is 0 Å². The van der Waals surface area contributed by atoms with Gasteiger partial charge in [-0.1, -0.05) is 19.9 Å². The number of benzene rings is 1. The molecule has 0 heterocycles. The van der Waals surface area contributed by atoms with Gasteiger partial charge in [-0.15, -0.1) is 0 Å². The van der Waals surface area contributed by atoms with Crippen molar-refractivity contribution in [2.75, 3.05) is 38.6 Å². The molecule has 0 spiro atoms. The molecule has 1 rings (SSSR count). The Labute approximate surface area is 125 Å². The first-order chi connectivity index (χ1) is 8.93. The molecule has 0 aliphatic heterocycles. The van der Waals surface area contributed by atoms with Crippen LogP contribution in [0.5, 0.6) is 0 Å². The number of nitrogens with two attached hydrogens (primary N) is 1. The third-order valence-electron chi connectivity index (χ3n) is 2.99. The highest BCUT2D eigenvalue weighted by Gasteiger charge is 2.12. The van der Waals surface area contributed by atoms with Crippen molar-refractivity contribution < 1.29 is 0 Å². The monoisotopic (exact) mass is 327 g/mol. The second-order valence-corrected chi connectivity index (χ2v) is 6.49. The van der Waals surface area contributed by atoms with Gasteiger partial charge in [0.25, 0.3) is 0 Å². The third kappa shape index (κ3) is 5.51. The normalized spacial score (nSPS) is 11.4. The molecule has 0 bridgehead atoms. The molecule has 108 valence electrons. The zero-order chi connectivity index (χ0) is 14.4. The van der Waals surface area contributed by atoms with E-state index in [4.69, 9.17) is 5.73 Å². The smallest absolute Gasteiger partial charge is 0.0511 e. The average molecular weight is 328 g/mol. The molecule has 0 aromatic heterocycles. The fourth-order valence-corrected chi connectivity index (χ4v) is 2.68. The highest BCUT2D eigenvalue weighted by Crippen LogP contribution is 2.28. The molecule has 0 aliphatic rings. The summed E-state index contributed by atoms with van der Waals surface area (Å²) in [6, 6.07) is 6.41. The predicted octanol–water partition coefficient (Wildman–Crippen LogP) is 2.93. The Balaban J connectivity index is 2.89. The summed E-state index contributed by atoms with van der Waals surface area (Å²) >= 11 is 3.67. The van der Waals surface area contributed by atoms with E-state index in [1.54, 1.807) is 0 Å². The molecule has 0 aliphatic carbocycles. The van der Waals surface area contributed by atoms with Crippen LogP contribution in [0.3, 0.4) is 0 Å². The quantitative estimate of drug-likeness (QED) is 0.835. The highest BCUT2D eigenvalue weighted by molar-refractivity contribution is 9.10. The van der Waals surface area contributed by atoms with Crippen molar-refractivity contribution in [2.24, 2.45) is 11.7 Å². The van der Waals surface area contributed by atoms with E-state index in [0.29, 0.717) is 12.5 Å². The molecule has 2 N–H and O–H groups in total. The summed E-state index contributed by atoms with van der Waals surface area (Å²) < 4.78 is 1.13. The van der Waals surface area contributed by atoms with Crippen molar-refractivity contribution in [3.05, 3.63) is 28.2 Å². The van der Waals surface area contributed by atoms with Crippen LogP contribution in [0.25, 0.3) is 0 Å². The number of hydrogen-bond acceptors (Lipinski definition) is 3. The van der Waals surface area contributed by atoms with Gasteiger partial charge in [-0.2, -0.15) is 0 Å². The van der Waals surface area contributed by atoms with E-state index < -0.39 is 0 Å². The van der Waals surface area contributed by atoms with Gasteiger partial charge in [-0.05, 0) is 53.6 Å². The van der Waals surface area contributed by atoms with Crippen LogP contribution in [0.1, 0.15) is 19.4 Å². The van der Waals surface area contributed by atoms with E-state index >= 15 is 0 Å². The molecule has 0 unspecified atom stereocenters. The third-order valence-corrected chi connectivity index (χ3v) is 3.63. The fraction of sp³-hybridized carbons (Fsp3) is 0.600. The summed E-state index contributed by atoms with van der Waals surface area (Å²) in [5, 5.41) is 0. The maximum absolute atomic E-state index is 5.68. The summed E-state index contributed by atoms with van der Waals surface area (Å²) in [6.45, 7) is 8.24. The van der Waals surface area contributed by atoms with Gasteiger partial charge in [0.1, 0.15) is 0 Å². The second kappa shape index (κ2) is 7.88. The van der Waals surface area contributed by atoms with E-state index in [0.717, 1.165) is 29.7 Å². The highest BCUT2D eigenvalue weighted by atomic mass is 79.9. The minimum absolute atomic E-state index is 0.584. The lowest BCUT2D eigenvalue weighted by molar-refractivity contribution is 0.409. The SMILES string of the molecule is CC(C)CN(CCN(C)C)c1ccc(CN)cc1Br. The summed E-state index contributed by atoms with van der Waals surface area (Å²) in [4.78, 5) is 4.66. The first kappa shape index (κ1) is 16.5. The average Bonchev–Trinajstić information content (AvgIpc) is 2.34. The lowest BCUT2D eigenvalue weighted by Crippen LogP contribution is -2.34. The van der Waals surface area contributed by atoms with Crippen molar-refractivity contribution >= 4 is 21.6 Å². The van der Waals surface area contributed by atoms with Crippen molar-refractivity contribution in [3.63, 3.8) is 0 Å². The van der Waals surface area contributed by atoms with Crippen molar-refractivity contribution in [1.29, 1.82) is 0 Å². The van der Waals surface area contributed by atoms with Crippen LogP contribution >= 0.6 is 15.9 Å². The number of hydrogen-bond donors (Lipinski definition) is 1. The van der Waals surface area contributed by atoms with E-state index in [1.807, 2.05) is 0 Å². The minimum Gasteiger partial charge on any atom is -0.369 e. The number of halogens is 1. The molecule has 0 amide bonds. The van der Waals surface area contributed by atoms with Gasteiger partial charge < -0.3 is 15.5 Å². The van der Waals surface area contributed by atoms with Crippen LogP contribution in [0.4, 0.5) is 5.69 Å². The lowest BCUT2D eigenvalue weighted by Gasteiger charge is -2.29. The van der Waals surface area contributed by atoms with Gasteiger partial charge in [0, 0.05) is 30.7 Å². The van der Waals surface area contributed by atoms with Crippen LogP contribution in [0.2, 0.25) is 0 Å². The number of nitrogens with zero attached hydrogens (tertiary/aromatic N) is 2. The molecular formula is C15H26BrN3. The summed E-state index contributed by atoms with van der Waals surface area (Å²) in [6.07, 6.45) is 0. The largest absolute Gasteiger partial charge is 0.369 e. The Morgan fingerprint density at radius 2 is 1.89 bits per heavy atom. The first-order valence-electron chi connectivity index (χ1n) is 6.82.